The third-order valence-corrected chi connectivity index (χ3v) is 4.42. The number of amides is 2. The molecule has 0 bridgehead atoms. The Hall–Kier alpha value is -1.79. The van der Waals surface area contributed by atoms with E-state index in [1.54, 1.807) is 6.92 Å². The summed E-state index contributed by atoms with van der Waals surface area (Å²) in [6, 6.07) is -1.41. The van der Waals surface area contributed by atoms with Crippen molar-refractivity contribution in [2.75, 3.05) is 13.2 Å². The molecule has 0 rings (SSSR count). The Bertz CT molecular complexity index is 443. The van der Waals surface area contributed by atoms with Crippen molar-refractivity contribution in [2.24, 2.45) is 0 Å². The minimum absolute atomic E-state index is 0.234. The molecule has 0 aromatic rings. The van der Waals surface area contributed by atoms with E-state index in [-0.39, 0.29) is 12.5 Å². The molecular weight excluding hydrogens is 360 g/mol. The zero-order chi connectivity index (χ0) is 21.2. The molecular formula is C21H40N2O5. The van der Waals surface area contributed by atoms with Crippen molar-refractivity contribution < 1.29 is 23.9 Å². The van der Waals surface area contributed by atoms with Crippen LogP contribution < -0.4 is 10.6 Å². The van der Waals surface area contributed by atoms with Crippen molar-refractivity contribution in [1.29, 1.82) is 0 Å². The van der Waals surface area contributed by atoms with E-state index in [1.165, 1.54) is 0 Å². The lowest BCUT2D eigenvalue weighted by Gasteiger charge is -2.22. The van der Waals surface area contributed by atoms with Gasteiger partial charge in [-0.3, -0.25) is 4.79 Å². The molecule has 2 unspecified atom stereocenters. The minimum Gasteiger partial charge on any atom is -0.464 e. The summed E-state index contributed by atoms with van der Waals surface area (Å²) in [7, 11) is 0. The Morgan fingerprint density at radius 2 is 1.32 bits per heavy atom. The van der Waals surface area contributed by atoms with Crippen molar-refractivity contribution in [1.82, 2.24) is 10.6 Å². The summed E-state index contributed by atoms with van der Waals surface area (Å²) in [6.45, 7) is 8.48. The van der Waals surface area contributed by atoms with Gasteiger partial charge in [-0.1, -0.05) is 65.7 Å². The van der Waals surface area contributed by atoms with Gasteiger partial charge in [-0.25, -0.2) is 9.59 Å². The molecule has 0 saturated carbocycles. The SMILES string of the molecule is CCCCCCOC(=O)C(CCCC)NC(=O)C(CCCC)NC(=O)OCC. The Morgan fingerprint density at radius 3 is 1.89 bits per heavy atom. The smallest absolute Gasteiger partial charge is 0.407 e. The summed E-state index contributed by atoms with van der Waals surface area (Å²) in [5.41, 5.74) is 0. The number of esters is 1. The van der Waals surface area contributed by atoms with Crippen LogP contribution in [0.25, 0.3) is 0 Å². The van der Waals surface area contributed by atoms with Gasteiger partial charge in [0.15, 0.2) is 0 Å². The fourth-order valence-corrected chi connectivity index (χ4v) is 2.72. The number of carbonyl (C=O) groups is 3. The van der Waals surface area contributed by atoms with E-state index < -0.39 is 24.1 Å². The number of carbonyl (C=O) groups excluding carboxylic acids is 3. The maximum atomic E-state index is 12.7. The zero-order valence-electron chi connectivity index (χ0n) is 18.2. The monoisotopic (exact) mass is 400 g/mol. The average molecular weight is 401 g/mol. The standard InChI is InChI=1S/C21H40N2O5/c1-5-9-12-13-16-28-20(25)18(15-11-7-3)22-19(24)17(14-10-6-2)23-21(26)27-8-4/h17-18H,5-16H2,1-4H3,(H,22,24)(H,23,26). The highest BCUT2D eigenvalue weighted by Crippen LogP contribution is 2.08. The Morgan fingerprint density at radius 1 is 0.714 bits per heavy atom. The molecule has 7 nitrogen and oxygen atoms in total. The number of rotatable bonds is 16. The van der Waals surface area contributed by atoms with Crippen molar-refractivity contribution >= 4 is 18.0 Å². The van der Waals surface area contributed by atoms with Crippen molar-refractivity contribution in [3.63, 3.8) is 0 Å². The molecule has 2 atom stereocenters. The molecule has 0 aliphatic heterocycles. The van der Waals surface area contributed by atoms with Gasteiger partial charge in [0, 0.05) is 0 Å². The van der Waals surface area contributed by atoms with Crippen LogP contribution in [0.2, 0.25) is 0 Å². The van der Waals surface area contributed by atoms with Crippen LogP contribution in [-0.4, -0.2) is 43.3 Å². The molecule has 2 N–H and O–H groups in total. The summed E-state index contributed by atoms with van der Waals surface area (Å²) < 4.78 is 10.2. The lowest BCUT2D eigenvalue weighted by atomic mass is 10.1. The third kappa shape index (κ3) is 12.6. The molecule has 7 heteroatoms. The number of alkyl carbamates (subject to hydrolysis) is 1. The van der Waals surface area contributed by atoms with Gasteiger partial charge in [0.05, 0.1) is 13.2 Å². The second-order valence-electron chi connectivity index (χ2n) is 6.99. The van der Waals surface area contributed by atoms with E-state index >= 15 is 0 Å². The fraction of sp³-hybridized carbons (Fsp3) is 0.857. The third-order valence-electron chi connectivity index (χ3n) is 4.42. The lowest BCUT2D eigenvalue weighted by Crippen LogP contribution is -2.52. The first-order valence-corrected chi connectivity index (χ1v) is 10.9. The van der Waals surface area contributed by atoms with E-state index in [1.807, 2.05) is 13.8 Å². The summed E-state index contributed by atoms with van der Waals surface area (Å²) >= 11 is 0. The van der Waals surface area contributed by atoms with Gasteiger partial charge in [0.25, 0.3) is 0 Å². The molecule has 0 saturated heterocycles. The normalized spacial score (nSPS) is 12.7. The van der Waals surface area contributed by atoms with Gasteiger partial charge in [0.2, 0.25) is 5.91 Å². The lowest BCUT2D eigenvalue weighted by molar-refractivity contribution is -0.148. The second kappa shape index (κ2) is 17.3. The van der Waals surface area contributed by atoms with E-state index in [4.69, 9.17) is 9.47 Å². The van der Waals surface area contributed by atoms with Gasteiger partial charge in [-0.2, -0.15) is 0 Å². The topological polar surface area (TPSA) is 93.7 Å². The van der Waals surface area contributed by atoms with Crippen molar-refractivity contribution in [3.05, 3.63) is 0 Å². The second-order valence-corrected chi connectivity index (χ2v) is 6.99. The fourth-order valence-electron chi connectivity index (χ4n) is 2.72. The van der Waals surface area contributed by atoms with E-state index in [2.05, 4.69) is 17.6 Å². The van der Waals surface area contributed by atoms with Crippen LogP contribution in [0.15, 0.2) is 0 Å². The first kappa shape index (κ1) is 26.2. The van der Waals surface area contributed by atoms with Crippen LogP contribution in [0, 0.1) is 0 Å². The number of nitrogens with one attached hydrogen (secondary N) is 2. The first-order valence-electron chi connectivity index (χ1n) is 10.9. The van der Waals surface area contributed by atoms with Crippen LogP contribution in [0.3, 0.4) is 0 Å². The molecule has 28 heavy (non-hydrogen) atoms. The van der Waals surface area contributed by atoms with E-state index in [0.717, 1.165) is 51.4 Å². The summed E-state index contributed by atoms with van der Waals surface area (Å²) in [5.74, 6) is -0.769. The molecule has 0 aliphatic rings. The van der Waals surface area contributed by atoms with E-state index in [9.17, 15) is 14.4 Å². The Labute approximate surface area is 170 Å². The van der Waals surface area contributed by atoms with Gasteiger partial charge in [0.1, 0.15) is 12.1 Å². The highest BCUT2D eigenvalue weighted by Gasteiger charge is 2.27. The zero-order valence-corrected chi connectivity index (χ0v) is 18.2. The Balaban J connectivity index is 4.80. The summed E-state index contributed by atoms with van der Waals surface area (Å²) in [4.78, 5) is 36.9. The first-order chi connectivity index (χ1) is 13.5. The highest BCUT2D eigenvalue weighted by atomic mass is 16.5. The van der Waals surface area contributed by atoms with E-state index in [0.29, 0.717) is 19.4 Å². The molecule has 0 radical (unpaired) electrons. The summed E-state index contributed by atoms with van der Waals surface area (Å²) in [5, 5.41) is 5.37. The van der Waals surface area contributed by atoms with Gasteiger partial charge >= 0.3 is 12.1 Å². The average Bonchev–Trinajstić information content (AvgIpc) is 2.67. The maximum absolute atomic E-state index is 12.7. The van der Waals surface area contributed by atoms with Crippen LogP contribution in [0.4, 0.5) is 4.79 Å². The molecule has 0 fully saturated rings. The van der Waals surface area contributed by atoms with Gasteiger partial charge < -0.3 is 20.1 Å². The molecule has 0 aliphatic carbocycles. The molecule has 0 aromatic carbocycles. The molecule has 0 aromatic heterocycles. The maximum Gasteiger partial charge on any atom is 0.407 e. The number of unbranched alkanes of at least 4 members (excludes halogenated alkanes) is 5. The Kier molecular flexibility index (Phi) is 16.2. The minimum atomic E-state index is -0.722. The molecule has 0 spiro atoms. The molecule has 164 valence electrons. The van der Waals surface area contributed by atoms with Crippen LogP contribution in [0.5, 0.6) is 0 Å². The predicted octanol–water partition coefficient (Wildman–Crippen LogP) is 4.09. The van der Waals surface area contributed by atoms with Crippen molar-refractivity contribution in [2.45, 2.75) is 104 Å². The quantitative estimate of drug-likeness (QED) is 0.301. The number of hydrogen-bond acceptors (Lipinski definition) is 5. The predicted molar refractivity (Wildman–Crippen MR) is 110 cm³/mol. The van der Waals surface area contributed by atoms with Gasteiger partial charge in [-0.15, -0.1) is 0 Å². The van der Waals surface area contributed by atoms with Crippen LogP contribution in [0.1, 0.15) is 91.9 Å². The highest BCUT2D eigenvalue weighted by molar-refractivity contribution is 5.89. The molecule has 2 amide bonds. The summed E-state index contributed by atoms with van der Waals surface area (Å²) in [6.07, 6.45) is 7.89. The largest absolute Gasteiger partial charge is 0.464 e. The number of ether oxygens (including phenoxy) is 2. The van der Waals surface area contributed by atoms with Crippen LogP contribution >= 0.6 is 0 Å². The molecule has 0 heterocycles. The number of hydrogen-bond donors (Lipinski definition) is 2. The van der Waals surface area contributed by atoms with Crippen molar-refractivity contribution in [3.8, 4) is 0 Å². The van der Waals surface area contributed by atoms with Crippen LogP contribution in [-0.2, 0) is 19.1 Å². The van der Waals surface area contributed by atoms with Gasteiger partial charge in [-0.05, 0) is 26.2 Å².